The van der Waals surface area contributed by atoms with E-state index in [1.165, 1.54) is 99.9 Å². The van der Waals surface area contributed by atoms with Gasteiger partial charge in [0, 0.05) is 33.2 Å². The second-order valence-electron chi connectivity index (χ2n) is 15.7. The van der Waals surface area contributed by atoms with Crippen LogP contribution >= 0.6 is 0 Å². The first kappa shape index (κ1) is 33.4. The van der Waals surface area contributed by atoms with Crippen LogP contribution in [0.2, 0.25) is 0 Å². The van der Waals surface area contributed by atoms with Crippen molar-refractivity contribution in [2.75, 3.05) is 0 Å². The third-order valence-electron chi connectivity index (χ3n) is 12.1. The van der Waals surface area contributed by atoms with Crippen molar-refractivity contribution >= 4 is 44.4 Å². The summed E-state index contributed by atoms with van der Waals surface area (Å²) >= 11 is 0. The van der Waals surface area contributed by atoms with Gasteiger partial charge < -0.3 is 9.13 Å². The number of aromatic nitrogens is 2. The maximum absolute atomic E-state index is 2.49. The molecule has 0 radical (unpaired) electrons. The van der Waals surface area contributed by atoms with E-state index in [2.05, 4.69) is 210 Å². The van der Waals surface area contributed by atoms with Gasteiger partial charge in [-0.05, 0) is 142 Å². The summed E-state index contributed by atoms with van der Waals surface area (Å²) in [5.74, 6) is 0.573. The number of para-hydroxylation sites is 1. The average Bonchev–Trinajstić information content (AvgIpc) is 3.79. The first-order valence-electron chi connectivity index (χ1n) is 20.3. The summed E-state index contributed by atoms with van der Waals surface area (Å²) in [4.78, 5) is 0. The Morgan fingerprint density at radius 3 is 1.75 bits per heavy atom. The van der Waals surface area contributed by atoms with Crippen LogP contribution in [0, 0.1) is 5.92 Å². The number of hydrogen-bond donors (Lipinski definition) is 0. The van der Waals surface area contributed by atoms with Crippen molar-refractivity contribution in [2.45, 2.75) is 26.2 Å². The first-order chi connectivity index (χ1) is 28.2. The standard InChI is InChI=1S/C55H42N2/c1-37-13-12-18-41(31-37)40-23-27-46(28-24-40)56-52-21-10-8-19-48(52)50-35-42(25-29-54(50)56)43-26-30-55-51(36-43)49-20-9-11-22-53(49)57(55)47-33-44(38-14-4-2-5-15-38)32-45(34-47)39-16-6-3-7-17-39/h2-8,10-12,14-19,21-37H,9,13,20H2,1H3. The average molecular weight is 731 g/mol. The lowest BCUT2D eigenvalue weighted by atomic mass is 9.93. The Morgan fingerprint density at radius 1 is 0.439 bits per heavy atom. The van der Waals surface area contributed by atoms with Crippen LogP contribution < -0.4 is 0 Å². The second kappa shape index (κ2) is 13.7. The predicted octanol–water partition coefficient (Wildman–Crippen LogP) is 14.7. The Morgan fingerprint density at radius 2 is 1.05 bits per heavy atom. The van der Waals surface area contributed by atoms with Crippen LogP contribution in [-0.4, -0.2) is 9.13 Å². The minimum Gasteiger partial charge on any atom is -0.310 e. The molecule has 0 spiro atoms. The van der Waals surface area contributed by atoms with Crippen molar-refractivity contribution in [1.82, 2.24) is 9.13 Å². The van der Waals surface area contributed by atoms with E-state index in [4.69, 9.17) is 0 Å². The summed E-state index contributed by atoms with van der Waals surface area (Å²) in [5.41, 5.74) is 18.7. The molecule has 0 saturated carbocycles. The highest BCUT2D eigenvalue weighted by Gasteiger charge is 2.21. The summed E-state index contributed by atoms with van der Waals surface area (Å²) in [6.45, 7) is 2.29. The summed E-state index contributed by atoms with van der Waals surface area (Å²) in [6, 6.07) is 60.7. The fourth-order valence-electron chi connectivity index (χ4n) is 9.29. The van der Waals surface area contributed by atoms with Crippen LogP contribution in [-0.2, 0) is 6.42 Å². The first-order valence-corrected chi connectivity index (χ1v) is 20.3. The maximum Gasteiger partial charge on any atom is 0.0541 e. The molecule has 2 aliphatic carbocycles. The zero-order valence-electron chi connectivity index (χ0n) is 32.1. The molecule has 0 amide bonds. The molecular weight excluding hydrogens is 689 g/mol. The Hall–Kier alpha value is -6.90. The fourth-order valence-corrected chi connectivity index (χ4v) is 9.29. The molecule has 2 heterocycles. The second-order valence-corrected chi connectivity index (χ2v) is 15.7. The zero-order chi connectivity index (χ0) is 37.9. The van der Waals surface area contributed by atoms with Crippen molar-refractivity contribution in [3.8, 4) is 44.8 Å². The molecule has 11 rings (SSSR count). The summed E-state index contributed by atoms with van der Waals surface area (Å²) < 4.78 is 4.91. The number of fused-ring (bicyclic) bond motifs is 6. The van der Waals surface area contributed by atoms with Crippen molar-refractivity contribution in [3.05, 3.63) is 205 Å². The molecule has 7 aromatic carbocycles. The summed E-state index contributed by atoms with van der Waals surface area (Å²) in [7, 11) is 0. The lowest BCUT2D eigenvalue weighted by Crippen LogP contribution is -2.01. The maximum atomic E-state index is 2.49. The van der Waals surface area contributed by atoms with Gasteiger partial charge in [0.15, 0.2) is 0 Å². The lowest BCUT2D eigenvalue weighted by molar-refractivity contribution is 0.740. The van der Waals surface area contributed by atoms with Gasteiger partial charge in [0.25, 0.3) is 0 Å². The SMILES string of the molecule is CC1C=C(c2ccc(-n3c4ccccc4c4cc(-c5ccc6c(c5)c5c(n6-c6cc(-c7ccccc7)cc(-c7ccccc7)c6)C=CCC5)ccc43)cc2)C=CC1. The van der Waals surface area contributed by atoms with E-state index in [1.54, 1.807) is 0 Å². The summed E-state index contributed by atoms with van der Waals surface area (Å²) in [6.07, 6.45) is 14.8. The quantitative estimate of drug-likeness (QED) is 0.161. The van der Waals surface area contributed by atoms with Gasteiger partial charge in [0.05, 0.1) is 16.6 Å². The molecule has 0 N–H and O–H groups in total. The molecule has 9 aromatic rings. The van der Waals surface area contributed by atoms with E-state index in [1.807, 2.05) is 0 Å². The van der Waals surface area contributed by atoms with Crippen molar-refractivity contribution in [1.29, 1.82) is 0 Å². The molecule has 272 valence electrons. The molecule has 2 heteroatoms. The van der Waals surface area contributed by atoms with E-state index in [0.29, 0.717) is 5.92 Å². The highest BCUT2D eigenvalue weighted by molar-refractivity contribution is 6.10. The third-order valence-corrected chi connectivity index (χ3v) is 12.1. The van der Waals surface area contributed by atoms with Gasteiger partial charge in [-0.2, -0.15) is 0 Å². The van der Waals surface area contributed by atoms with Crippen LogP contribution in [0.4, 0.5) is 0 Å². The molecule has 2 aromatic heterocycles. The number of aryl methyl sites for hydroxylation is 1. The molecule has 57 heavy (non-hydrogen) atoms. The minimum absolute atomic E-state index is 0.573. The largest absolute Gasteiger partial charge is 0.310 e. The smallest absolute Gasteiger partial charge is 0.0541 e. The van der Waals surface area contributed by atoms with Gasteiger partial charge in [-0.15, -0.1) is 0 Å². The van der Waals surface area contributed by atoms with Crippen LogP contribution in [0.5, 0.6) is 0 Å². The van der Waals surface area contributed by atoms with Gasteiger partial charge in [0.1, 0.15) is 0 Å². The molecule has 2 aliphatic rings. The van der Waals surface area contributed by atoms with Crippen LogP contribution in [0.15, 0.2) is 188 Å². The molecule has 2 nitrogen and oxygen atoms in total. The van der Waals surface area contributed by atoms with Crippen LogP contribution in [0.25, 0.3) is 89.1 Å². The number of allylic oxidation sites excluding steroid dienone is 5. The van der Waals surface area contributed by atoms with E-state index in [9.17, 15) is 0 Å². The lowest BCUT2D eigenvalue weighted by Gasteiger charge is -2.16. The Balaban J connectivity index is 1.04. The predicted molar refractivity (Wildman–Crippen MR) is 242 cm³/mol. The molecule has 0 saturated heterocycles. The Bertz CT molecular complexity index is 3020. The molecule has 0 bridgehead atoms. The number of hydrogen-bond acceptors (Lipinski definition) is 0. The highest BCUT2D eigenvalue weighted by Crippen LogP contribution is 2.41. The van der Waals surface area contributed by atoms with E-state index in [0.717, 1.165) is 19.3 Å². The number of benzene rings is 7. The zero-order valence-corrected chi connectivity index (χ0v) is 32.1. The normalized spacial score (nSPS) is 15.0. The van der Waals surface area contributed by atoms with Crippen molar-refractivity contribution < 1.29 is 0 Å². The molecule has 1 unspecified atom stereocenters. The number of nitrogens with zero attached hydrogens (tertiary/aromatic N) is 2. The topological polar surface area (TPSA) is 9.86 Å². The van der Waals surface area contributed by atoms with Gasteiger partial charge in [0.2, 0.25) is 0 Å². The Kier molecular flexibility index (Phi) is 8.03. The van der Waals surface area contributed by atoms with E-state index in [-0.39, 0.29) is 0 Å². The van der Waals surface area contributed by atoms with E-state index >= 15 is 0 Å². The molecule has 1 atom stereocenters. The van der Waals surface area contributed by atoms with Crippen LogP contribution in [0.3, 0.4) is 0 Å². The number of rotatable bonds is 6. The molecule has 0 aliphatic heterocycles. The van der Waals surface area contributed by atoms with Gasteiger partial charge in [-0.3, -0.25) is 0 Å². The van der Waals surface area contributed by atoms with Crippen molar-refractivity contribution in [2.24, 2.45) is 5.92 Å². The third kappa shape index (κ3) is 5.79. The van der Waals surface area contributed by atoms with Gasteiger partial charge >= 0.3 is 0 Å². The minimum atomic E-state index is 0.573. The highest BCUT2D eigenvalue weighted by atomic mass is 15.0. The van der Waals surface area contributed by atoms with E-state index < -0.39 is 0 Å². The van der Waals surface area contributed by atoms with Gasteiger partial charge in [-0.25, -0.2) is 0 Å². The monoisotopic (exact) mass is 730 g/mol. The summed E-state index contributed by atoms with van der Waals surface area (Å²) in [5, 5.41) is 3.87. The Labute approximate surface area is 334 Å². The van der Waals surface area contributed by atoms with Crippen molar-refractivity contribution in [3.63, 3.8) is 0 Å². The molecule has 0 fully saturated rings. The van der Waals surface area contributed by atoms with Crippen LogP contribution in [0.1, 0.15) is 36.6 Å². The van der Waals surface area contributed by atoms with Gasteiger partial charge in [-0.1, -0.05) is 134 Å². The fraction of sp³-hybridized carbons (Fsp3) is 0.0909. The molecular formula is C55H42N2.